The third-order valence-corrected chi connectivity index (χ3v) is 3.20. The molecule has 3 rings (SSSR count). The first-order chi connectivity index (χ1) is 10.2. The van der Waals surface area contributed by atoms with Crippen LogP contribution in [0.4, 0.5) is 11.4 Å². The lowest BCUT2D eigenvalue weighted by atomic mass is 10.2. The molecule has 0 spiro atoms. The molecule has 2 aromatic heterocycles. The minimum absolute atomic E-state index is 0.0981. The number of benzene rings is 1. The zero-order valence-corrected chi connectivity index (χ0v) is 11.3. The van der Waals surface area contributed by atoms with E-state index in [2.05, 4.69) is 10.3 Å². The molecule has 0 aliphatic heterocycles. The van der Waals surface area contributed by atoms with Crippen LogP contribution in [-0.2, 0) is 6.42 Å². The highest BCUT2D eigenvalue weighted by molar-refractivity contribution is 5.48. The number of nitrogens with zero attached hydrogens (tertiary/aromatic N) is 3. The summed E-state index contributed by atoms with van der Waals surface area (Å²) in [5.74, 6) is 0. The minimum Gasteiger partial charge on any atom is -0.385 e. The van der Waals surface area contributed by atoms with E-state index in [1.165, 1.54) is 12.1 Å². The van der Waals surface area contributed by atoms with E-state index in [0.717, 1.165) is 30.0 Å². The zero-order chi connectivity index (χ0) is 14.7. The molecule has 0 atom stereocenters. The molecule has 0 unspecified atom stereocenters. The highest BCUT2D eigenvalue weighted by atomic mass is 16.6. The molecule has 106 valence electrons. The second-order valence-electron chi connectivity index (χ2n) is 4.68. The van der Waals surface area contributed by atoms with E-state index in [0.29, 0.717) is 0 Å². The van der Waals surface area contributed by atoms with Crippen LogP contribution in [0, 0.1) is 10.1 Å². The second kappa shape index (κ2) is 5.62. The molecule has 0 fully saturated rings. The molecule has 0 bridgehead atoms. The number of nitro benzene ring substituents is 1. The summed E-state index contributed by atoms with van der Waals surface area (Å²) in [5.41, 5.74) is 2.91. The predicted octanol–water partition coefficient (Wildman–Crippen LogP) is 2.90. The second-order valence-corrected chi connectivity index (χ2v) is 4.68. The maximum absolute atomic E-state index is 10.6. The molecule has 21 heavy (non-hydrogen) atoms. The Morgan fingerprint density at radius 1 is 1.19 bits per heavy atom. The smallest absolute Gasteiger partial charge is 0.269 e. The largest absolute Gasteiger partial charge is 0.385 e. The Balaban J connectivity index is 1.59. The van der Waals surface area contributed by atoms with E-state index in [1.54, 1.807) is 12.1 Å². The number of hydrogen-bond acceptors (Lipinski definition) is 4. The molecule has 0 aliphatic carbocycles. The Morgan fingerprint density at radius 2 is 2.00 bits per heavy atom. The van der Waals surface area contributed by atoms with Crippen LogP contribution in [0.3, 0.4) is 0 Å². The van der Waals surface area contributed by atoms with Crippen LogP contribution >= 0.6 is 0 Å². The molecule has 0 aliphatic rings. The van der Waals surface area contributed by atoms with Crippen LogP contribution in [0.5, 0.6) is 0 Å². The number of fused-ring (bicyclic) bond motifs is 1. The third kappa shape index (κ3) is 3.00. The fourth-order valence-electron chi connectivity index (χ4n) is 2.14. The van der Waals surface area contributed by atoms with Crippen LogP contribution in [0.25, 0.3) is 5.65 Å². The average Bonchev–Trinajstić information content (AvgIpc) is 2.90. The first-order valence-corrected chi connectivity index (χ1v) is 6.63. The monoisotopic (exact) mass is 282 g/mol. The lowest BCUT2D eigenvalue weighted by molar-refractivity contribution is -0.384. The lowest BCUT2D eigenvalue weighted by Crippen LogP contribution is -2.05. The van der Waals surface area contributed by atoms with Gasteiger partial charge in [0.05, 0.1) is 10.6 Å². The molecule has 0 amide bonds. The first kappa shape index (κ1) is 13.1. The van der Waals surface area contributed by atoms with Gasteiger partial charge in [0.2, 0.25) is 0 Å². The van der Waals surface area contributed by atoms with Crippen molar-refractivity contribution in [2.45, 2.75) is 6.42 Å². The predicted molar refractivity (Wildman–Crippen MR) is 80.5 cm³/mol. The quantitative estimate of drug-likeness (QED) is 0.577. The number of hydrogen-bond donors (Lipinski definition) is 1. The molecule has 0 saturated carbocycles. The zero-order valence-electron chi connectivity index (χ0n) is 11.3. The molecule has 6 nitrogen and oxygen atoms in total. The Labute approximate surface area is 121 Å². The summed E-state index contributed by atoms with van der Waals surface area (Å²) < 4.78 is 1.99. The van der Waals surface area contributed by atoms with Crippen LogP contribution in [0.2, 0.25) is 0 Å². The van der Waals surface area contributed by atoms with Gasteiger partial charge in [0.1, 0.15) is 5.65 Å². The van der Waals surface area contributed by atoms with Crippen molar-refractivity contribution in [3.05, 3.63) is 70.7 Å². The summed E-state index contributed by atoms with van der Waals surface area (Å²) in [7, 11) is 0. The Kier molecular flexibility index (Phi) is 3.51. The molecular weight excluding hydrogens is 268 g/mol. The van der Waals surface area contributed by atoms with Crippen molar-refractivity contribution in [3.63, 3.8) is 0 Å². The van der Waals surface area contributed by atoms with E-state index in [4.69, 9.17) is 0 Å². The van der Waals surface area contributed by atoms with Crippen molar-refractivity contribution < 1.29 is 4.92 Å². The summed E-state index contributed by atoms with van der Waals surface area (Å²) in [5, 5.41) is 13.8. The van der Waals surface area contributed by atoms with Gasteiger partial charge in [0.25, 0.3) is 5.69 Å². The van der Waals surface area contributed by atoms with Gasteiger partial charge in [-0.1, -0.05) is 6.07 Å². The number of anilines is 1. The van der Waals surface area contributed by atoms with Gasteiger partial charge in [0.15, 0.2) is 0 Å². The average molecular weight is 282 g/mol. The van der Waals surface area contributed by atoms with Crippen molar-refractivity contribution in [2.75, 3.05) is 11.9 Å². The number of non-ortho nitro benzene ring substituents is 1. The van der Waals surface area contributed by atoms with Crippen LogP contribution in [0.15, 0.2) is 54.9 Å². The molecule has 1 N–H and O–H groups in total. The highest BCUT2D eigenvalue weighted by Gasteiger charge is 2.04. The molecule has 0 radical (unpaired) electrons. The molecule has 0 saturated heterocycles. The first-order valence-electron chi connectivity index (χ1n) is 6.63. The Morgan fingerprint density at radius 3 is 2.71 bits per heavy atom. The normalized spacial score (nSPS) is 10.7. The van der Waals surface area contributed by atoms with Crippen molar-refractivity contribution >= 4 is 17.0 Å². The number of rotatable bonds is 5. The van der Waals surface area contributed by atoms with Gasteiger partial charge in [-0.2, -0.15) is 0 Å². The van der Waals surface area contributed by atoms with E-state index in [-0.39, 0.29) is 5.69 Å². The van der Waals surface area contributed by atoms with Crippen molar-refractivity contribution in [1.82, 2.24) is 9.38 Å². The van der Waals surface area contributed by atoms with E-state index < -0.39 is 4.92 Å². The van der Waals surface area contributed by atoms with Crippen molar-refractivity contribution in [3.8, 4) is 0 Å². The van der Waals surface area contributed by atoms with Crippen LogP contribution in [-0.4, -0.2) is 20.9 Å². The molecule has 1 aromatic carbocycles. The molecular formula is C15H14N4O2. The highest BCUT2D eigenvalue weighted by Crippen LogP contribution is 2.15. The summed E-state index contributed by atoms with van der Waals surface area (Å²) in [4.78, 5) is 14.7. The summed E-state index contributed by atoms with van der Waals surface area (Å²) in [6.07, 6.45) is 4.76. The molecule has 6 heteroatoms. The lowest BCUT2D eigenvalue weighted by Gasteiger charge is -2.04. The molecule has 2 heterocycles. The number of pyridine rings is 1. The van der Waals surface area contributed by atoms with E-state index in [1.807, 2.05) is 35.0 Å². The maximum Gasteiger partial charge on any atom is 0.269 e. The number of aromatic nitrogens is 2. The van der Waals surface area contributed by atoms with Gasteiger partial charge >= 0.3 is 0 Å². The number of imidazole rings is 1. The van der Waals surface area contributed by atoms with Gasteiger partial charge in [-0.25, -0.2) is 4.98 Å². The van der Waals surface area contributed by atoms with Crippen molar-refractivity contribution in [1.29, 1.82) is 0 Å². The van der Waals surface area contributed by atoms with E-state index >= 15 is 0 Å². The summed E-state index contributed by atoms with van der Waals surface area (Å²) >= 11 is 0. The van der Waals surface area contributed by atoms with Gasteiger partial charge < -0.3 is 9.72 Å². The van der Waals surface area contributed by atoms with Crippen molar-refractivity contribution in [2.24, 2.45) is 0 Å². The molecule has 3 aromatic rings. The van der Waals surface area contributed by atoms with Gasteiger partial charge in [0, 0.05) is 43.2 Å². The van der Waals surface area contributed by atoms with E-state index in [9.17, 15) is 10.1 Å². The van der Waals surface area contributed by atoms with Gasteiger partial charge in [-0.05, 0) is 24.3 Å². The van der Waals surface area contributed by atoms with Crippen LogP contribution < -0.4 is 5.32 Å². The van der Waals surface area contributed by atoms with Gasteiger partial charge in [-0.3, -0.25) is 10.1 Å². The fourth-order valence-corrected chi connectivity index (χ4v) is 2.14. The SMILES string of the molecule is O=[N+]([O-])c1ccc(NCCc2cn3ccccc3n2)cc1. The summed E-state index contributed by atoms with van der Waals surface area (Å²) in [6, 6.07) is 12.3. The van der Waals surface area contributed by atoms with Gasteiger partial charge in [-0.15, -0.1) is 0 Å². The topological polar surface area (TPSA) is 72.5 Å². The Bertz CT molecular complexity index is 732. The number of nitro groups is 1. The number of nitrogens with one attached hydrogen (secondary N) is 1. The summed E-state index contributed by atoms with van der Waals surface area (Å²) in [6.45, 7) is 0.724. The van der Waals surface area contributed by atoms with Crippen LogP contribution in [0.1, 0.15) is 5.69 Å². The maximum atomic E-state index is 10.6. The fraction of sp³-hybridized carbons (Fsp3) is 0.133. The third-order valence-electron chi connectivity index (χ3n) is 3.20. The standard InChI is InChI=1S/C15H14N4O2/c20-19(21)14-6-4-12(5-7-14)16-9-8-13-11-18-10-2-1-3-15(18)17-13/h1-7,10-11,16H,8-9H2. The Hall–Kier alpha value is -2.89. The minimum atomic E-state index is -0.402.